The van der Waals surface area contributed by atoms with Crippen molar-refractivity contribution in [3.05, 3.63) is 57.2 Å². The van der Waals surface area contributed by atoms with Crippen molar-refractivity contribution >= 4 is 34.0 Å². The molecule has 0 radical (unpaired) electrons. The maximum Gasteiger partial charge on any atom is 0.182 e. The van der Waals surface area contributed by atoms with Crippen molar-refractivity contribution in [1.82, 2.24) is 0 Å². The van der Waals surface area contributed by atoms with Gasteiger partial charge < -0.3 is 5.32 Å². The highest BCUT2D eigenvalue weighted by atomic mass is 127. The Morgan fingerprint density at radius 2 is 1.82 bits per heavy atom. The van der Waals surface area contributed by atoms with Crippen LogP contribution in [0.5, 0.6) is 0 Å². The quantitative estimate of drug-likeness (QED) is 0.783. The lowest BCUT2D eigenvalue weighted by molar-refractivity contribution is 0.512. The zero-order chi connectivity index (χ0) is 12.4. The number of aryl methyl sites for hydroxylation is 1. The zero-order valence-electron chi connectivity index (χ0n) is 9.10. The molecule has 0 saturated carbocycles. The first-order valence-electron chi connectivity index (χ1n) is 5.05. The van der Waals surface area contributed by atoms with Crippen molar-refractivity contribution in [3.63, 3.8) is 0 Å². The third-order valence-electron chi connectivity index (χ3n) is 2.41. The molecule has 0 fully saturated rings. The maximum atomic E-state index is 13.5. The highest BCUT2D eigenvalue weighted by Gasteiger charge is 2.08. The van der Waals surface area contributed by atoms with Crippen LogP contribution in [0.3, 0.4) is 0 Å². The van der Waals surface area contributed by atoms with Crippen LogP contribution in [0.2, 0.25) is 0 Å². The summed E-state index contributed by atoms with van der Waals surface area (Å²) >= 11 is 2.20. The van der Waals surface area contributed by atoms with Crippen molar-refractivity contribution in [2.24, 2.45) is 0 Å². The molecule has 17 heavy (non-hydrogen) atoms. The third kappa shape index (κ3) is 2.74. The molecule has 0 saturated heterocycles. The normalized spacial score (nSPS) is 10.4. The van der Waals surface area contributed by atoms with Crippen LogP contribution in [-0.2, 0) is 0 Å². The van der Waals surface area contributed by atoms with Gasteiger partial charge in [0, 0.05) is 9.26 Å². The van der Waals surface area contributed by atoms with Crippen LogP contribution in [0.25, 0.3) is 0 Å². The Hall–Kier alpha value is -1.17. The van der Waals surface area contributed by atoms with Gasteiger partial charge in [-0.05, 0) is 65.4 Å². The first-order chi connectivity index (χ1) is 8.08. The van der Waals surface area contributed by atoms with Crippen molar-refractivity contribution in [2.75, 3.05) is 5.32 Å². The van der Waals surface area contributed by atoms with Gasteiger partial charge >= 0.3 is 0 Å². The van der Waals surface area contributed by atoms with E-state index < -0.39 is 11.6 Å². The molecule has 4 heteroatoms. The molecule has 88 valence electrons. The minimum absolute atomic E-state index is 0.148. The van der Waals surface area contributed by atoms with Gasteiger partial charge in [0.05, 0.1) is 5.69 Å². The third-order valence-corrected chi connectivity index (χ3v) is 3.08. The summed E-state index contributed by atoms with van der Waals surface area (Å²) in [6.45, 7) is 1.92. The van der Waals surface area contributed by atoms with Crippen molar-refractivity contribution < 1.29 is 8.78 Å². The van der Waals surface area contributed by atoms with E-state index >= 15 is 0 Å². The van der Waals surface area contributed by atoms with Crippen LogP contribution in [0.15, 0.2) is 36.4 Å². The smallest absolute Gasteiger partial charge is 0.182 e. The number of halogens is 3. The topological polar surface area (TPSA) is 12.0 Å². The van der Waals surface area contributed by atoms with Gasteiger partial charge in [-0.2, -0.15) is 0 Å². The van der Waals surface area contributed by atoms with Gasteiger partial charge in [0.25, 0.3) is 0 Å². The summed E-state index contributed by atoms with van der Waals surface area (Å²) in [4.78, 5) is 0. The average molecular weight is 345 g/mol. The van der Waals surface area contributed by atoms with E-state index in [9.17, 15) is 8.78 Å². The van der Waals surface area contributed by atoms with Crippen molar-refractivity contribution in [3.8, 4) is 0 Å². The van der Waals surface area contributed by atoms with Crippen LogP contribution in [0, 0.1) is 22.1 Å². The summed E-state index contributed by atoms with van der Waals surface area (Å²) in [5.41, 5.74) is 1.91. The minimum atomic E-state index is -0.856. The Bertz CT molecular complexity index is 555. The highest BCUT2D eigenvalue weighted by Crippen LogP contribution is 2.25. The Morgan fingerprint density at radius 1 is 1.06 bits per heavy atom. The van der Waals surface area contributed by atoms with Crippen molar-refractivity contribution in [2.45, 2.75) is 6.92 Å². The van der Waals surface area contributed by atoms with E-state index in [4.69, 9.17) is 0 Å². The number of nitrogens with one attached hydrogen (secondary N) is 1. The fraction of sp³-hybridized carbons (Fsp3) is 0.0769. The van der Waals surface area contributed by atoms with Gasteiger partial charge in [-0.1, -0.05) is 6.07 Å². The fourth-order valence-electron chi connectivity index (χ4n) is 1.51. The summed E-state index contributed by atoms with van der Waals surface area (Å²) in [7, 11) is 0. The minimum Gasteiger partial charge on any atom is -0.353 e. The molecular formula is C13H10F2IN. The lowest BCUT2D eigenvalue weighted by Gasteiger charge is -2.10. The molecule has 0 spiro atoms. The average Bonchev–Trinajstić information content (AvgIpc) is 2.28. The number of benzene rings is 2. The molecule has 0 amide bonds. The molecular weight excluding hydrogens is 335 g/mol. The van der Waals surface area contributed by atoms with E-state index in [-0.39, 0.29) is 5.69 Å². The van der Waals surface area contributed by atoms with E-state index in [1.807, 2.05) is 25.1 Å². The second-order valence-corrected chi connectivity index (χ2v) is 4.93. The summed E-state index contributed by atoms with van der Waals surface area (Å²) in [6, 6.07) is 9.81. The molecule has 0 unspecified atom stereocenters. The molecule has 1 nitrogen and oxygen atoms in total. The van der Waals surface area contributed by atoms with Gasteiger partial charge in [-0.3, -0.25) is 0 Å². The van der Waals surface area contributed by atoms with Crippen molar-refractivity contribution in [1.29, 1.82) is 0 Å². The Kier molecular flexibility index (Phi) is 3.61. The van der Waals surface area contributed by atoms with E-state index in [0.717, 1.165) is 20.9 Å². The van der Waals surface area contributed by atoms with E-state index in [1.165, 1.54) is 12.1 Å². The van der Waals surface area contributed by atoms with Gasteiger partial charge in [-0.25, -0.2) is 8.78 Å². The predicted molar refractivity (Wildman–Crippen MR) is 73.5 cm³/mol. The van der Waals surface area contributed by atoms with Gasteiger partial charge in [0.1, 0.15) is 0 Å². The standard InChI is InChI=1S/C13H10F2IN/c1-8-7-9(16)5-6-11(8)17-12-4-2-3-10(14)13(12)15/h2-7,17H,1H3. The predicted octanol–water partition coefficient (Wildman–Crippen LogP) is 4.62. The number of anilines is 2. The maximum absolute atomic E-state index is 13.5. The van der Waals surface area contributed by atoms with Crippen LogP contribution < -0.4 is 5.32 Å². The van der Waals surface area contributed by atoms with Crippen LogP contribution >= 0.6 is 22.6 Å². The Balaban J connectivity index is 2.35. The molecule has 0 heterocycles. The number of rotatable bonds is 2. The molecule has 2 aromatic carbocycles. The number of hydrogen-bond acceptors (Lipinski definition) is 1. The molecule has 0 atom stereocenters. The molecule has 2 aromatic rings. The number of hydrogen-bond donors (Lipinski definition) is 1. The summed E-state index contributed by atoms with van der Waals surface area (Å²) in [6.07, 6.45) is 0. The first kappa shape index (κ1) is 12.3. The molecule has 1 N–H and O–H groups in total. The molecule has 0 bridgehead atoms. The summed E-state index contributed by atoms with van der Waals surface area (Å²) in [5.74, 6) is -1.70. The summed E-state index contributed by atoms with van der Waals surface area (Å²) in [5, 5.41) is 2.89. The largest absolute Gasteiger partial charge is 0.353 e. The van der Waals surface area contributed by atoms with Crippen LogP contribution in [0.1, 0.15) is 5.56 Å². The van der Waals surface area contributed by atoms with Crippen LogP contribution in [-0.4, -0.2) is 0 Å². The summed E-state index contributed by atoms with van der Waals surface area (Å²) < 4.78 is 27.6. The lowest BCUT2D eigenvalue weighted by atomic mass is 10.2. The van der Waals surface area contributed by atoms with E-state index in [2.05, 4.69) is 27.9 Å². The molecule has 0 aliphatic carbocycles. The Labute approximate surface area is 112 Å². The second-order valence-electron chi connectivity index (χ2n) is 3.69. The fourth-order valence-corrected chi connectivity index (χ4v) is 2.16. The molecule has 0 aliphatic heterocycles. The zero-order valence-corrected chi connectivity index (χ0v) is 11.3. The lowest BCUT2D eigenvalue weighted by Crippen LogP contribution is -1.98. The van der Waals surface area contributed by atoms with E-state index in [0.29, 0.717) is 0 Å². The van der Waals surface area contributed by atoms with Gasteiger partial charge in [0.2, 0.25) is 0 Å². The van der Waals surface area contributed by atoms with E-state index in [1.54, 1.807) is 0 Å². The first-order valence-corrected chi connectivity index (χ1v) is 6.13. The monoisotopic (exact) mass is 345 g/mol. The SMILES string of the molecule is Cc1cc(I)ccc1Nc1cccc(F)c1F. The van der Waals surface area contributed by atoms with Gasteiger partial charge in [-0.15, -0.1) is 0 Å². The molecule has 0 aliphatic rings. The van der Waals surface area contributed by atoms with Crippen LogP contribution in [0.4, 0.5) is 20.2 Å². The highest BCUT2D eigenvalue weighted by molar-refractivity contribution is 14.1. The second kappa shape index (κ2) is 5.00. The molecule has 2 rings (SSSR count). The molecule has 0 aromatic heterocycles. The Morgan fingerprint density at radius 3 is 2.53 bits per heavy atom. The van der Waals surface area contributed by atoms with Gasteiger partial charge in [0.15, 0.2) is 11.6 Å².